The van der Waals surface area contributed by atoms with Gasteiger partial charge in [-0.05, 0) is 12.1 Å². The minimum atomic E-state index is 0.803. The molecule has 0 aliphatic rings. The van der Waals surface area contributed by atoms with Crippen LogP contribution in [0, 0.1) is 0 Å². The van der Waals surface area contributed by atoms with Crippen molar-refractivity contribution in [3.8, 4) is 0 Å². The lowest BCUT2D eigenvalue weighted by atomic mass is 10.4. The molecule has 0 spiro atoms. The lowest BCUT2D eigenvalue weighted by molar-refractivity contribution is 1.15. The van der Waals surface area contributed by atoms with E-state index in [1.807, 2.05) is 25.4 Å². The number of nitrogens with one attached hydrogen (secondary N) is 1. The number of hydrogen-bond acceptors (Lipinski definition) is 2. The van der Waals surface area contributed by atoms with Gasteiger partial charge in [-0.25, -0.2) is 0 Å². The van der Waals surface area contributed by atoms with Gasteiger partial charge < -0.3 is 5.32 Å². The molecular formula is C8H10N2. The zero-order chi connectivity index (χ0) is 7.40. The van der Waals surface area contributed by atoms with E-state index >= 15 is 0 Å². The first-order chi connectivity index (χ1) is 4.84. The summed E-state index contributed by atoms with van der Waals surface area (Å²) in [6.07, 6.45) is 3.60. The van der Waals surface area contributed by atoms with Crippen molar-refractivity contribution in [1.29, 1.82) is 0 Å². The zero-order valence-corrected chi connectivity index (χ0v) is 5.96. The molecular weight excluding hydrogens is 124 g/mol. The quantitative estimate of drug-likeness (QED) is 0.557. The number of hydrogen-bond donors (Lipinski definition) is 1. The number of aromatic nitrogens is 1. The van der Waals surface area contributed by atoms with Crippen molar-refractivity contribution in [3.05, 3.63) is 28.9 Å². The number of rotatable bonds is 1. The van der Waals surface area contributed by atoms with Crippen LogP contribution in [0.25, 0.3) is 12.8 Å². The minimum Gasteiger partial charge on any atom is -0.393 e. The van der Waals surface area contributed by atoms with E-state index in [0.717, 1.165) is 10.6 Å². The predicted octanol–water partition coefficient (Wildman–Crippen LogP) is -0.551. The summed E-state index contributed by atoms with van der Waals surface area (Å²) in [4.78, 5) is 4.02. The van der Waals surface area contributed by atoms with Crippen LogP contribution in [0.1, 0.15) is 0 Å². The molecule has 0 amide bonds. The van der Waals surface area contributed by atoms with Gasteiger partial charge in [0.2, 0.25) is 0 Å². The lowest BCUT2D eigenvalue weighted by Crippen LogP contribution is -2.27. The highest BCUT2D eigenvalue weighted by Crippen LogP contribution is 1.62. The molecule has 0 saturated carbocycles. The SMILES string of the molecule is C=c1nccc/c1=C/NC. The fourth-order valence-electron chi connectivity index (χ4n) is 0.737. The highest BCUT2D eigenvalue weighted by molar-refractivity contribution is 5.20. The van der Waals surface area contributed by atoms with E-state index in [4.69, 9.17) is 0 Å². The molecule has 0 radical (unpaired) electrons. The average molecular weight is 134 g/mol. The molecule has 0 aromatic carbocycles. The van der Waals surface area contributed by atoms with Crippen LogP contribution in [0.3, 0.4) is 0 Å². The van der Waals surface area contributed by atoms with Crippen molar-refractivity contribution in [3.63, 3.8) is 0 Å². The molecule has 1 heterocycles. The lowest BCUT2D eigenvalue weighted by Gasteiger charge is -1.86. The summed E-state index contributed by atoms with van der Waals surface area (Å²) >= 11 is 0. The Hall–Kier alpha value is -1.31. The molecule has 52 valence electrons. The summed E-state index contributed by atoms with van der Waals surface area (Å²) in [6, 6.07) is 3.85. The van der Waals surface area contributed by atoms with Crippen LogP contribution in [0.2, 0.25) is 0 Å². The Morgan fingerprint density at radius 1 is 1.70 bits per heavy atom. The zero-order valence-electron chi connectivity index (χ0n) is 5.96. The first-order valence-electron chi connectivity index (χ1n) is 3.12. The van der Waals surface area contributed by atoms with Gasteiger partial charge in [0.05, 0.1) is 5.35 Å². The Morgan fingerprint density at radius 2 is 2.50 bits per heavy atom. The normalized spacial score (nSPS) is 11.5. The summed E-state index contributed by atoms with van der Waals surface area (Å²) in [7, 11) is 1.85. The fraction of sp³-hybridized carbons (Fsp3) is 0.125. The Kier molecular flexibility index (Phi) is 2.05. The van der Waals surface area contributed by atoms with Crippen LogP contribution < -0.4 is 15.9 Å². The molecule has 0 unspecified atom stereocenters. The number of nitrogens with zero attached hydrogens (tertiary/aromatic N) is 1. The molecule has 0 bridgehead atoms. The van der Waals surface area contributed by atoms with Crippen LogP contribution in [-0.4, -0.2) is 12.0 Å². The molecule has 10 heavy (non-hydrogen) atoms. The van der Waals surface area contributed by atoms with Crippen LogP contribution in [0.15, 0.2) is 18.3 Å². The molecule has 1 N–H and O–H groups in total. The molecule has 0 fully saturated rings. The molecule has 1 aromatic heterocycles. The van der Waals surface area contributed by atoms with Gasteiger partial charge in [-0.3, -0.25) is 4.98 Å². The summed E-state index contributed by atoms with van der Waals surface area (Å²) in [6.45, 7) is 3.76. The number of pyridine rings is 1. The smallest absolute Gasteiger partial charge is 0.0644 e. The predicted molar refractivity (Wildman–Crippen MR) is 42.5 cm³/mol. The van der Waals surface area contributed by atoms with E-state index < -0.39 is 0 Å². The van der Waals surface area contributed by atoms with Gasteiger partial charge in [0.25, 0.3) is 0 Å². The van der Waals surface area contributed by atoms with Crippen molar-refractivity contribution in [2.75, 3.05) is 7.05 Å². The van der Waals surface area contributed by atoms with Gasteiger partial charge in [0.1, 0.15) is 0 Å². The molecule has 1 rings (SSSR count). The van der Waals surface area contributed by atoms with Gasteiger partial charge >= 0.3 is 0 Å². The maximum absolute atomic E-state index is 4.02. The Bertz CT molecular complexity index is 303. The third kappa shape index (κ3) is 1.35. The highest BCUT2D eigenvalue weighted by Gasteiger charge is 1.77. The van der Waals surface area contributed by atoms with Gasteiger partial charge in [-0.1, -0.05) is 6.58 Å². The standard InChI is InChI=1S/C8H10N2/c1-7-8(6-9-2)4-3-5-10-7/h3-6,9H,1H2,2H3/b8-6-. The Labute approximate surface area is 59.9 Å². The molecule has 1 aromatic rings. The van der Waals surface area contributed by atoms with Crippen LogP contribution in [-0.2, 0) is 0 Å². The van der Waals surface area contributed by atoms with E-state index in [1.54, 1.807) is 6.20 Å². The van der Waals surface area contributed by atoms with E-state index in [0.29, 0.717) is 0 Å². The largest absolute Gasteiger partial charge is 0.393 e. The van der Waals surface area contributed by atoms with Crippen molar-refractivity contribution < 1.29 is 0 Å². The molecule has 0 saturated heterocycles. The fourth-order valence-corrected chi connectivity index (χ4v) is 0.737. The van der Waals surface area contributed by atoms with Gasteiger partial charge in [-0.15, -0.1) is 0 Å². The van der Waals surface area contributed by atoms with Crippen LogP contribution in [0.5, 0.6) is 0 Å². The van der Waals surface area contributed by atoms with E-state index in [9.17, 15) is 0 Å². The first-order valence-corrected chi connectivity index (χ1v) is 3.12. The van der Waals surface area contributed by atoms with Crippen LogP contribution in [0.4, 0.5) is 0 Å². The Morgan fingerprint density at radius 3 is 3.10 bits per heavy atom. The van der Waals surface area contributed by atoms with Gasteiger partial charge in [0.15, 0.2) is 0 Å². The van der Waals surface area contributed by atoms with Crippen molar-refractivity contribution in [2.45, 2.75) is 0 Å². The second-order valence-corrected chi connectivity index (χ2v) is 1.97. The summed E-state index contributed by atoms with van der Waals surface area (Å²) in [5.41, 5.74) is 0. The Balaban J connectivity index is 3.29. The maximum atomic E-state index is 4.02. The second kappa shape index (κ2) is 3.01. The first kappa shape index (κ1) is 6.81. The monoisotopic (exact) mass is 134 g/mol. The van der Waals surface area contributed by atoms with E-state index in [1.165, 1.54) is 0 Å². The highest BCUT2D eigenvalue weighted by atomic mass is 14.8. The average Bonchev–Trinajstić information content (AvgIpc) is 1.94. The van der Waals surface area contributed by atoms with Crippen molar-refractivity contribution in [2.24, 2.45) is 0 Å². The molecule has 0 aliphatic heterocycles. The second-order valence-electron chi connectivity index (χ2n) is 1.97. The van der Waals surface area contributed by atoms with E-state index in [-0.39, 0.29) is 0 Å². The minimum absolute atomic E-state index is 0.803. The topological polar surface area (TPSA) is 24.9 Å². The summed E-state index contributed by atoms with van der Waals surface area (Å²) in [5.74, 6) is 0. The molecule has 2 nitrogen and oxygen atoms in total. The third-order valence-electron chi connectivity index (χ3n) is 1.23. The van der Waals surface area contributed by atoms with Gasteiger partial charge in [0, 0.05) is 24.7 Å². The summed E-state index contributed by atoms with van der Waals surface area (Å²) < 4.78 is 0. The third-order valence-corrected chi connectivity index (χ3v) is 1.23. The summed E-state index contributed by atoms with van der Waals surface area (Å²) in [5, 5.41) is 4.75. The molecule has 0 aliphatic carbocycles. The molecule has 2 heteroatoms. The van der Waals surface area contributed by atoms with Gasteiger partial charge in [-0.2, -0.15) is 0 Å². The molecule has 0 atom stereocenters. The van der Waals surface area contributed by atoms with Crippen LogP contribution >= 0.6 is 0 Å². The van der Waals surface area contributed by atoms with Crippen molar-refractivity contribution in [1.82, 2.24) is 10.3 Å². The maximum Gasteiger partial charge on any atom is 0.0644 e. The van der Waals surface area contributed by atoms with Crippen molar-refractivity contribution >= 4 is 12.8 Å². The van der Waals surface area contributed by atoms with E-state index in [2.05, 4.69) is 16.9 Å².